The molecule has 1 heterocycles. The van der Waals surface area contributed by atoms with Gasteiger partial charge >= 0.3 is 0 Å². The molecule has 92 valence electrons. The van der Waals surface area contributed by atoms with E-state index >= 15 is 0 Å². The number of nitrogens with zero attached hydrogens (tertiary/aromatic N) is 2. The number of nitrogens with one attached hydrogen (secondary N) is 1. The molecule has 1 aromatic carbocycles. The molecule has 0 spiro atoms. The van der Waals surface area contributed by atoms with Crippen LogP contribution in [0.4, 0.5) is 11.4 Å². The molecule has 0 bridgehead atoms. The Balaban J connectivity index is 2.19. The molecule has 5 nitrogen and oxygen atoms in total. The Hall–Kier alpha value is -1.62. The normalized spacial score (nSPS) is 17.9. The van der Waals surface area contributed by atoms with Crippen LogP contribution < -0.4 is 5.32 Å². The second-order valence-electron chi connectivity index (χ2n) is 4.18. The summed E-state index contributed by atoms with van der Waals surface area (Å²) >= 11 is 0. The number of hydrogen-bond donors (Lipinski definition) is 1. The van der Waals surface area contributed by atoms with Crippen LogP contribution >= 0.6 is 0 Å². The zero-order chi connectivity index (χ0) is 12.4. The highest BCUT2D eigenvalue weighted by molar-refractivity contribution is 5.60. The largest absolute Gasteiger partial charge is 0.369 e. The van der Waals surface area contributed by atoms with E-state index in [1.54, 1.807) is 18.2 Å². The number of nitro benzene ring substituents is 1. The van der Waals surface area contributed by atoms with Crippen LogP contribution in [0, 0.1) is 10.1 Å². The van der Waals surface area contributed by atoms with Gasteiger partial charge in [0.1, 0.15) is 0 Å². The highest BCUT2D eigenvalue weighted by Gasteiger charge is 2.25. The van der Waals surface area contributed by atoms with Gasteiger partial charge in [-0.1, -0.05) is 13.8 Å². The van der Waals surface area contributed by atoms with Gasteiger partial charge in [-0.2, -0.15) is 0 Å². The zero-order valence-electron chi connectivity index (χ0n) is 10.1. The van der Waals surface area contributed by atoms with Crippen molar-refractivity contribution in [2.24, 2.45) is 0 Å². The maximum atomic E-state index is 10.7. The fraction of sp³-hybridized carbons (Fsp3) is 0.500. The van der Waals surface area contributed by atoms with Crippen LogP contribution in [0.3, 0.4) is 0 Å². The summed E-state index contributed by atoms with van der Waals surface area (Å²) in [6, 6.07) is 5.03. The Morgan fingerprint density at radius 3 is 2.76 bits per heavy atom. The van der Waals surface area contributed by atoms with Crippen LogP contribution in [-0.2, 0) is 6.42 Å². The number of fused-ring (bicyclic) bond motifs is 1. The summed E-state index contributed by atoms with van der Waals surface area (Å²) in [4.78, 5) is 12.7. The SMILES string of the molecule is CCN(CC)C1Cc2cc([N+](=O)[O-])ccc2N1. The third kappa shape index (κ3) is 2.24. The summed E-state index contributed by atoms with van der Waals surface area (Å²) in [7, 11) is 0. The minimum absolute atomic E-state index is 0.172. The lowest BCUT2D eigenvalue weighted by atomic mass is 10.1. The summed E-state index contributed by atoms with van der Waals surface area (Å²) in [6.45, 7) is 6.20. The van der Waals surface area contributed by atoms with Gasteiger partial charge in [0.05, 0.1) is 11.1 Å². The van der Waals surface area contributed by atoms with Gasteiger partial charge in [-0.15, -0.1) is 0 Å². The number of anilines is 1. The quantitative estimate of drug-likeness (QED) is 0.642. The van der Waals surface area contributed by atoms with Crippen molar-refractivity contribution in [3.8, 4) is 0 Å². The topological polar surface area (TPSA) is 58.4 Å². The highest BCUT2D eigenvalue weighted by Crippen LogP contribution is 2.30. The van der Waals surface area contributed by atoms with Gasteiger partial charge in [0.2, 0.25) is 0 Å². The lowest BCUT2D eigenvalue weighted by Gasteiger charge is -2.26. The van der Waals surface area contributed by atoms with Gasteiger partial charge in [0.15, 0.2) is 0 Å². The molecule has 0 saturated heterocycles. The molecule has 1 aromatic rings. The summed E-state index contributed by atoms with van der Waals surface area (Å²) in [5, 5.41) is 14.1. The number of likely N-dealkylation sites (N-methyl/N-ethyl adjacent to an activating group) is 1. The molecule has 5 heteroatoms. The lowest BCUT2D eigenvalue weighted by molar-refractivity contribution is -0.384. The monoisotopic (exact) mass is 235 g/mol. The zero-order valence-corrected chi connectivity index (χ0v) is 10.1. The lowest BCUT2D eigenvalue weighted by Crippen LogP contribution is -2.39. The number of rotatable bonds is 4. The molecule has 0 aliphatic carbocycles. The molecule has 0 amide bonds. The first-order valence-electron chi connectivity index (χ1n) is 5.93. The summed E-state index contributed by atoms with van der Waals surface area (Å²) in [5.74, 6) is 0. The van der Waals surface area contributed by atoms with Crippen LogP contribution in [-0.4, -0.2) is 29.1 Å². The van der Waals surface area contributed by atoms with E-state index in [2.05, 4.69) is 24.1 Å². The molecular formula is C12H17N3O2. The van der Waals surface area contributed by atoms with E-state index in [0.717, 1.165) is 30.8 Å². The number of nitro groups is 1. The summed E-state index contributed by atoms with van der Waals surface area (Å²) in [6.07, 6.45) is 1.10. The first-order chi connectivity index (χ1) is 8.15. The molecule has 17 heavy (non-hydrogen) atoms. The number of non-ortho nitro benzene ring substituents is 1. The average molecular weight is 235 g/mol. The minimum Gasteiger partial charge on any atom is -0.369 e. The third-order valence-electron chi connectivity index (χ3n) is 3.29. The predicted molar refractivity (Wildman–Crippen MR) is 67.1 cm³/mol. The van der Waals surface area contributed by atoms with E-state index in [1.807, 2.05) is 0 Å². The standard InChI is InChI=1S/C12H17N3O2/c1-3-14(4-2)12-8-9-7-10(15(16)17)5-6-11(9)13-12/h5-7,12-13H,3-4,8H2,1-2H3. The van der Waals surface area contributed by atoms with Gasteiger partial charge in [-0.25, -0.2) is 0 Å². The Morgan fingerprint density at radius 1 is 1.47 bits per heavy atom. The van der Waals surface area contributed by atoms with E-state index < -0.39 is 0 Å². The van der Waals surface area contributed by atoms with Crippen LogP contribution in [0.25, 0.3) is 0 Å². The molecule has 1 N–H and O–H groups in total. The van der Waals surface area contributed by atoms with Crippen molar-refractivity contribution in [1.82, 2.24) is 4.90 Å². The second-order valence-corrected chi connectivity index (χ2v) is 4.18. The average Bonchev–Trinajstić information content (AvgIpc) is 2.72. The Bertz CT molecular complexity index is 430. The first-order valence-corrected chi connectivity index (χ1v) is 5.93. The van der Waals surface area contributed by atoms with E-state index in [4.69, 9.17) is 0 Å². The summed E-state index contributed by atoms with van der Waals surface area (Å²) < 4.78 is 0. The Morgan fingerprint density at radius 2 is 2.18 bits per heavy atom. The Kier molecular flexibility index (Phi) is 3.28. The molecule has 2 rings (SSSR count). The van der Waals surface area contributed by atoms with Gasteiger partial charge in [-0.3, -0.25) is 15.0 Å². The van der Waals surface area contributed by atoms with E-state index in [-0.39, 0.29) is 16.8 Å². The van der Waals surface area contributed by atoms with Gasteiger partial charge < -0.3 is 5.32 Å². The Labute approximate surface area is 101 Å². The number of hydrogen-bond acceptors (Lipinski definition) is 4. The van der Waals surface area contributed by atoms with Crippen molar-refractivity contribution in [2.75, 3.05) is 18.4 Å². The van der Waals surface area contributed by atoms with Crippen molar-refractivity contribution in [3.05, 3.63) is 33.9 Å². The smallest absolute Gasteiger partial charge is 0.269 e. The van der Waals surface area contributed by atoms with E-state index in [9.17, 15) is 10.1 Å². The first kappa shape index (κ1) is 11.9. The van der Waals surface area contributed by atoms with Crippen LogP contribution in [0.15, 0.2) is 18.2 Å². The van der Waals surface area contributed by atoms with Crippen LogP contribution in [0.2, 0.25) is 0 Å². The molecule has 1 aliphatic heterocycles. The van der Waals surface area contributed by atoms with Gasteiger partial charge in [-0.05, 0) is 24.7 Å². The van der Waals surface area contributed by atoms with Crippen molar-refractivity contribution in [1.29, 1.82) is 0 Å². The van der Waals surface area contributed by atoms with Crippen molar-refractivity contribution in [3.63, 3.8) is 0 Å². The fourth-order valence-corrected chi connectivity index (χ4v) is 2.33. The predicted octanol–water partition coefficient (Wildman–Crippen LogP) is 2.23. The molecule has 0 radical (unpaired) electrons. The molecular weight excluding hydrogens is 218 g/mol. The van der Waals surface area contributed by atoms with Crippen molar-refractivity contribution >= 4 is 11.4 Å². The van der Waals surface area contributed by atoms with Crippen molar-refractivity contribution in [2.45, 2.75) is 26.4 Å². The minimum atomic E-state index is -0.342. The molecule has 0 saturated carbocycles. The summed E-state index contributed by atoms with van der Waals surface area (Å²) in [5.41, 5.74) is 2.23. The number of benzene rings is 1. The van der Waals surface area contributed by atoms with Gasteiger partial charge in [0.25, 0.3) is 5.69 Å². The third-order valence-corrected chi connectivity index (χ3v) is 3.29. The highest BCUT2D eigenvalue weighted by atomic mass is 16.6. The van der Waals surface area contributed by atoms with E-state index in [1.165, 1.54) is 0 Å². The maximum Gasteiger partial charge on any atom is 0.269 e. The fourth-order valence-electron chi connectivity index (χ4n) is 2.33. The maximum absolute atomic E-state index is 10.7. The van der Waals surface area contributed by atoms with Crippen LogP contribution in [0.1, 0.15) is 19.4 Å². The second kappa shape index (κ2) is 4.71. The molecule has 0 fully saturated rings. The molecule has 1 aliphatic rings. The molecule has 0 aromatic heterocycles. The molecule has 1 unspecified atom stereocenters. The van der Waals surface area contributed by atoms with Crippen LogP contribution in [0.5, 0.6) is 0 Å². The van der Waals surface area contributed by atoms with E-state index in [0.29, 0.717) is 0 Å². The van der Waals surface area contributed by atoms with Gasteiger partial charge in [0, 0.05) is 24.2 Å². The molecule has 1 atom stereocenters. The van der Waals surface area contributed by atoms with Crippen molar-refractivity contribution < 1.29 is 4.92 Å².